The van der Waals surface area contributed by atoms with Gasteiger partial charge in [-0.15, -0.1) is 0 Å². The molecule has 1 N–H and O–H groups in total. The third kappa shape index (κ3) is 4.37. The van der Waals surface area contributed by atoms with Crippen LogP contribution >= 0.6 is 0 Å². The predicted molar refractivity (Wildman–Crippen MR) is 116 cm³/mol. The van der Waals surface area contributed by atoms with E-state index in [2.05, 4.69) is 16.3 Å². The van der Waals surface area contributed by atoms with Crippen molar-refractivity contribution in [1.82, 2.24) is 10.2 Å². The number of amides is 1. The van der Waals surface area contributed by atoms with Gasteiger partial charge in [0.05, 0.1) is 5.56 Å². The molecule has 0 bridgehead atoms. The first-order chi connectivity index (χ1) is 14.4. The predicted octanol–water partition coefficient (Wildman–Crippen LogP) is 2.86. The van der Waals surface area contributed by atoms with E-state index >= 15 is 0 Å². The number of carbonyl (C=O) groups is 1. The van der Waals surface area contributed by atoms with Crippen LogP contribution in [0.4, 0.5) is 0 Å². The van der Waals surface area contributed by atoms with Gasteiger partial charge in [0.2, 0.25) is 0 Å². The lowest BCUT2D eigenvalue weighted by atomic mass is 9.96. The van der Waals surface area contributed by atoms with E-state index in [9.17, 15) is 13.2 Å². The normalized spacial score (nSPS) is 26.8. The Morgan fingerprint density at radius 1 is 1.17 bits per heavy atom. The summed E-state index contributed by atoms with van der Waals surface area (Å²) >= 11 is 0. The first-order valence-corrected chi connectivity index (χ1v) is 13.4. The van der Waals surface area contributed by atoms with Gasteiger partial charge in [-0.3, -0.25) is 9.69 Å². The topological polar surface area (TPSA) is 75.7 Å². The molecular weight excluding hydrogens is 400 g/mol. The Kier molecular flexibility index (Phi) is 5.30. The van der Waals surface area contributed by atoms with Crippen LogP contribution in [0, 0.1) is 5.92 Å². The van der Waals surface area contributed by atoms with Gasteiger partial charge in [0, 0.05) is 31.8 Å². The van der Waals surface area contributed by atoms with Gasteiger partial charge in [-0.05, 0) is 80.5 Å². The highest BCUT2D eigenvalue weighted by Crippen LogP contribution is 2.44. The molecule has 2 heterocycles. The van der Waals surface area contributed by atoms with E-state index in [1.807, 2.05) is 6.07 Å². The highest BCUT2D eigenvalue weighted by atomic mass is 32.2. The van der Waals surface area contributed by atoms with Crippen molar-refractivity contribution in [3.8, 4) is 5.75 Å². The Hall–Kier alpha value is -1.60. The van der Waals surface area contributed by atoms with E-state index in [1.54, 1.807) is 0 Å². The van der Waals surface area contributed by atoms with E-state index in [1.165, 1.54) is 31.1 Å². The summed E-state index contributed by atoms with van der Waals surface area (Å²) in [5.41, 5.74) is 1.80. The van der Waals surface area contributed by atoms with E-state index in [-0.39, 0.29) is 5.91 Å². The Bertz CT molecular complexity index is 937. The molecule has 30 heavy (non-hydrogen) atoms. The number of rotatable bonds is 7. The summed E-state index contributed by atoms with van der Waals surface area (Å²) in [6, 6.07) is 4.46. The monoisotopic (exact) mass is 432 g/mol. The first kappa shape index (κ1) is 20.3. The average Bonchev–Trinajstić information content (AvgIpc) is 3.63. The molecule has 7 heteroatoms. The minimum absolute atomic E-state index is 0.138. The minimum Gasteiger partial charge on any atom is -0.473 e. The molecule has 1 aromatic rings. The van der Waals surface area contributed by atoms with Crippen LogP contribution in [0.5, 0.6) is 5.75 Å². The lowest BCUT2D eigenvalue weighted by Crippen LogP contribution is -2.41. The van der Waals surface area contributed by atoms with Gasteiger partial charge < -0.3 is 10.1 Å². The molecule has 1 saturated heterocycles. The van der Waals surface area contributed by atoms with Crippen LogP contribution in [-0.4, -0.2) is 56.6 Å². The zero-order chi connectivity index (χ0) is 20.9. The van der Waals surface area contributed by atoms with Crippen molar-refractivity contribution in [2.24, 2.45) is 5.92 Å². The van der Waals surface area contributed by atoms with Crippen LogP contribution in [0.25, 0.3) is 0 Å². The summed E-state index contributed by atoms with van der Waals surface area (Å²) in [5, 5.41) is 3.14. The fourth-order valence-electron chi connectivity index (χ4n) is 4.93. The molecule has 0 radical (unpaired) electrons. The quantitative estimate of drug-likeness (QED) is 0.717. The van der Waals surface area contributed by atoms with Crippen molar-refractivity contribution in [3.63, 3.8) is 0 Å². The summed E-state index contributed by atoms with van der Waals surface area (Å²) in [6.45, 7) is 2.93. The summed E-state index contributed by atoms with van der Waals surface area (Å²) in [4.78, 5) is 15.7. The maximum atomic E-state index is 13.2. The molecular formula is C23H32N2O4S. The molecule has 2 atom stereocenters. The molecule has 4 aliphatic rings. The fourth-order valence-corrected chi connectivity index (χ4v) is 5.75. The second-order valence-corrected chi connectivity index (χ2v) is 11.9. The number of aryl methyl sites for hydroxylation is 1. The third-order valence-corrected chi connectivity index (χ3v) is 8.33. The van der Waals surface area contributed by atoms with Gasteiger partial charge in [0.25, 0.3) is 5.91 Å². The summed E-state index contributed by atoms with van der Waals surface area (Å²) in [6.07, 6.45) is 9.60. The molecule has 0 aromatic heterocycles. The highest BCUT2D eigenvalue weighted by Gasteiger charge is 2.35. The third-order valence-electron chi connectivity index (χ3n) is 7.04. The largest absolute Gasteiger partial charge is 0.473 e. The van der Waals surface area contributed by atoms with Crippen LogP contribution in [-0.2, 0) is 16.3 Å². The van der Waals surface area contributed by atoms with Gasteiger partial charge >= 0.3 is 0 Å². The summed E-state index contributed by atoms with van der Waals surface area (Å²) < 4.78 is 30.0. The number of carbonyl (C=O) groups excluding carboxylic acids is 1. The molecule has 2 aliphatic heterocycles. The number of sulfone groups is 1. The molecule has 164 valence electrons. The fraction of sp³-hybridized carbons (Fsp3) is 0.696. The van der Waals surface area contributed by atoms with Gasteiger partial charge in [-0.25, -0.2) is 8.42 Å². The second-order valence-electron chi connectivity index (χ2n) is 9.69. The molecule has 5 rings (SSSR count). The molecule has 2 saturated carbocycles. The average molecular weight is 433 g/mol. The maximum Gasteiger partial charge on any atom is 0.255 e. The number of hydrogen-bond donors (Lipinski definition) is 1. The zero-order valence-corrected chi connectivity index (χ0v) is 18.5. The Morgan fingerprint density at radius 3 is 2.67 bits per heavy atom. The Labute approximate surface area is 179 Å². The lowest BCUT2D eigenvalue weighted by Gasteiger charge is -2.28. The van der Waals surface area contributed by atoms with Gasteiger partial charge in [0.1, 0.15) is 5.75 Å². The Morgan fingerprint density at radius 2 is 1.97 bits per heavy atom. The van der Waals surface area contributed by atoms with Crippen LogP contribution in [0.15, 0.2) is 12.1 Å². The van der Waals surface area contributed by atoms with Crippen LogP contribution < -0.4 is 10.1 Å². The molecule has 1 amide bonds. The van der Waals surface area contributed by atoms with Crippen LogP contribution in [0.2, 0.25) is 0 Å². The van der Waals surface area contributed by atoms with E-state index in [0.29, 0.717) is 42.7 Å². The number of nitrogens with one attached hydrogen (secondary N) is 1. The van der Waals surface area contributed by atoms with Gasteiger partial charge in [-0.2, -0.15) is 0 Å². The van der Waals surface area contributed by atoms with Crippen molar-refractivity contribution in [2.75, 3.05) is 25.9 Å². The van der Waals surface area contributed by atoms with Crippen molar-refractivity contribution in [3.05, 3.63) is 28.8 Å². The number of ether oxygens (including phenoxy) is 1. The SMILES string of the molecule is CS(=O)(=O)C1CCc2cc(C3CC3)cc(C(=O)NCC3CCCN3CC3CC3)c2O1. The van der Waals surface area contributed by atoms with Crippen molar-refractivity contribution in [1.29, 1.82) is 0 Å². The van der Waals surface area contributed by atoms with Crippen molar-refractivity contribution in [2.45, 2.75) is 68.8 Å². The summed E-state index contributed by atoms with van der Waals surface area (Å²) in [5.74, 6) is 1.71. The smallest absolute Gasteiger partial charge is 0.255 e. The van der Waals surface area contributed by atoms with Gasteiger partial charge in [-0.1, -0.05) is 6.07 Å². The van der Waals surface area contributed by atoms with E-state index in [4.69, 9.17) is 4.74 Å². The maximum absolute atomic E-state index is 13.2. The number of nitrogens with zero attached hydrogens (tertiary/aromatic N) is 1. The standard InChI is InChI=1S/C23H32N2O4S/c1-30(27,28)21-9-8-17-11-18(16-6-7-16)12-20(22(17)29-21)23(26)24-13-19-3-2-10-25(19)14-15-4-5-15/h11-12,15-16,19,21H,2-10,13-14H2,1H3,(H,24,26). The number of hydrogen-bond acceptors (Lipinski definition) is 5. The van der Waals surface area contributed by atoms with Crippen LogP contribution in [0.1, 0.15) is 72.3 Å². The molecule has 1 aromatic carbocycles. The van der Waals surface area contributed by atoms with Crippen molar-refractivity contribution < 1.29 is 17.9 Å². The number of likely N-dealkylation sites (tertiary alicyclic amines) is 1. The summed E-state index contributed by atoms with van der Waals surface area (Å²) in [7, 11) is -3.32. The first-order valence-electron chi connectivity index (χ1n) is 11.4. The van der Waals surface area contributed by atoms with E-state index in [0.717, 1.165) is 43.8 Å². The molecule has 2 aliphatic carbocycles. The lowest BCUT2D eigenvalue weighted by molar-refractivity contribution is 0.0933. The second kappa shape index (κ2) is 7.83. The zero-order valence-electron chi connectivity index (χ0n) is 17.7. The minimum atomic E-state index is -3.32. The highest BCUT2D eigenvalue weighted by molar-refractivity contribution is 7.91. The number of benzene rings is 1. The van der Waals surface area contributed by atoms with Crippen molar-refractivity contribution >= 4 is 15.7 Å². The molecule has 2 unspecified atom stereocenters. The molecule has 0 spiro atoms. The van der Waals surface area contributed by atoms with E-state index < -0.39 is 15.3 Å². The molecule has 3 fully saturated rings. The number of fused-ring (bicyclic) bond motifs is 1. The van der Waals surface area contributed by atoms with Gasteiger partial charge in [0.15, 0.2) is 15.3 Å². The molecule has 6 nitrogen and oxygen atoms in total. The van der Waals surface area contributed by atoms with Crippen LogP contribution in [0.3, 0.4) is 0 Å². The Balaban J connectivity index is 1.34.